The van der Waals surface area contributed by atoms with Crippen LogP contribution in [-0.2, 0) is 4.79 Å². The van der Waals surface area contributed by atoms with E-state index in [2.05, 4.69) is 22.6 Å². The summed E-state index contributed by atoms with van der Waals surface area (Å²) in [6.45, 7) is 4.99. The van der Waals surface area contributed by atoms with E-state index in [9.17, 15) is 4.79 Å². The number of benzene rings is 2. The molecule has 0 N–H and O–H groups in total. The van der Waals surface area contributed by atoms with E-state index in [1.165, 1.54) is 11.8 Å². The highest BCUT2D eigenvalue weighted by Gasteiger charge is 2.33. The van der Waals surface area contributed by atoms with Crippen molar-refractivity contribution in [2.24, 2.45) is 0 Å². The van der Waals surface area contributed by atoms with Gasteiger partial charge in [-0.05, 0) is 84.5 Å². The van der Waals surface area contributed by atoms with Gasteiger partial charge in [0.25, 0.3) is 5.91 Å². The summed E-state index contributed by atoms with van der Waals surface area (Å²) in [6, 6.07) is 11.2. The van der Waals surface area contributed by atoms with Gasteiger partial charge < -0.3 is 14.2 Å². The molecule has 0 spiro atoms. The lowest BCUT2D eigenvalue weighted by Crippen LogP contribution is -2.27. The van der Waals surface area contributed by atoms with Crippen LogP contribution in [-0.4, -0.2) is 30.6 Å². The molecule has 1 aliphatic heterocycles. The Morgan fingerprint density at radius 1 is 1.14 bits per heavy atom. The summed E-state index contributed by atoms with van der Waals surface area (Å²) in [7, 11) is 1.60. The number of methoxy groups -OCH3 is 1. The van der Waals surface area contributed by atoms with E-state index in [4.69, 9.17) is 26.4 Å². The number of carbonyl (C=O) groups is 1. The van der Waals surface area contributed by atoms with Crippen LogP contribution in [0.1, 0.15) is 19.4 Å². The second kappa shape index (κ2) is 9.82. The van der Waals surface area contributed by atoms with Crippen molar-refractivity contribution in [3.63, 3.8) is 0 Å². The Bertz CT molecular complexity index is 960. The zero-order valence-corrected chi connectivity index (χ0v) is 20.0. The molecule has 1 amide bonds. The first-order valence-electron chi connectivity index (χ1n) is 8.99. The van der Waals surface area contributed by atoms with Crippen LogP contribution >= 0.6 is 46.6 Å². The second-order valence-electron chi connectivity index (χ2n) is 5.91. The Hall–Kier alpha value is -1.78. The van der Waals surface area contributed by atoms with Crippen LogP contribution in [0.5, 0.6) is 17.2 Å². The van der Waals surface area contributed by atoms with E-state index in [0.717, 1.165) is 20.6 Å². The van der Waals surface area contributed by atoms with Crippen molar-refractivity contribution >= 4 is 68.6 Å². The number of amides is 1. The fourth-order valence-corrected chi connectivity index (χ4v) is 4.89. The highest BCUT2D eigenvalue weighted by molar-refractivity contribution is 14.1. The lowest BCUT2D eigenvalue weighted by molar-refractivity contribution is -0.113. The van der Waals surface area contributed by atoms with Crippen molar-refractivity contribution < 1.29 is 19.0 Å². The van der Waals surface area contributed by atoms with Crippen molar-refractivity contribution in [2.45, 2.75) is 13.8 Å². The van der Waals surface area contributed by atoms with Crippen molar-refractivity contribution in [1.82, 2.24) is 0 Å². The predicted molar refractivity (Wildman–Crippen MR) is 130 cm³/mol. The fourth-order valence-electron chi connectivity index (χ4n) is 2.81. The Labute approximate surface area is 193 Å². The molecule has 8 heteroatoms. The zero-order valence-electron chi connectivity index (χ0n) is 16.2. The summed E-state index contributed by atoms with van der Waals surface area (Å²) in [5, 5.41) is 0. The number of carbonyl (C=O) groups excluding carboxylic acids is 1. The van der Waals surface area contributed by atoms with Crippen LogP contribution in [0.2, 0.25) is 0 Å². The van der Waals surface area contributed by atoms with Gasteiger partial charge in [-0.25, -0.2) is 0 Å². The second-order valence-corrected chi connectivity index (χ2v) is 8.75. The van der Waals surface area contributed by atoms with E-state index < -0.39 is 0 Å². The Morgan fingerprint density at radius 2 is 1.83 bits per heavy atom. The molecule has 0 radical (unpaired) electrons. The van der Waals surface area contributed by atoms with Crippen molar-refractivity contribution in [3.8, 4) is 17.2 Å². The molecule has 152 valence electrons. The molecule has 0 bridgehead atoms. The average molecular weight is 541 g/mol. The number of nitrogens with zero attached hydrogens (tertiary/aromatic N) is 1. The van der Waals surface area contributed by atoms with Gasteiger partial charge >= 0.3 is 0 Å². The van der Waals surface area contributed by atoms with Gasteiger partial charge in [-0.2, -0.15) is 0 Å². The van der Waals surface area contributed by atoms with E-state index in [1.807, 2.05) is 56.3 Å². The van der Waals surface area contributed by atoms with Crippen LogP contribution < -0.4 is 19.1 Å². The van der Waals surface area contributed by atoms with E-state index in [0.29, 0.717) is 33.9 Å². The first kappa shape index (κ1) is 21.9. The standard InChI is InChI=1S/C21H20INO4S2/c1-4-26-15-8-6-14(7-9-15)23-20(24)18(29-21(23)28)12-13-10-16(22)19(27-5-2)17(11-13)25-3/h6-12H,4-5H2,1-3H3/b18-12+. The number of thiocarbonyl (C=S) groups is 1. The number of hydrogen-bond acceptors (Lipinski definition) is 6. The Kier molecular flexibility index (Phi) is 7.42. The zero-order chi connectivity index (χ0) is 21.0. The Morgan fingerprint density at radius 3 is 2.45 bits per heavy atom. The number of halogens is 1. The summed E-state index contributed by atoms with van der Waals surface area (Å²) in [5.74, 6) is 1.95. The smallest absolute Gasteiger partial charge is 0.270 e. The van der Waals surface area contributed by atoms with Gasteiger partial charge in [-0.1, -0.05) is 24.0 Å². The van der Waals surface area contributed by atoms with E-state index >= 15 is 0 Å². The SMILES string of the molecule is CCOc1ccc(N2C(=O)/C(=C\c3cc(I)c(OCC)c(OC)c3)SC2=S)cc1. The molecule has 0 aromatic heterocycles. The highest BCUT2D eigenvalue weighted by atomic mass is 127. The molecule has 0 atom stereocenters. The lowest BCUT2D eigenvalue weighted by atomic mass is 10.1. The van der Waals surface area contributed by atoms with Gasteiger partial charge in [0.05, 0.1) is 34.5 Å². The van der Waals surface area contributed by atoms with Crippen LogP contribution in [0, 0.1) is 3.57 Å². The van der Waals surface area contributed by atoms with Gasteiger partial charge in [-0.15, -0.1) is 0 Å². The minimum absolute atomic E-state index is 0.146. The molecule has 29 heavy (non-hydrogen) atoms. The van der Waals surface area contributed by atoms with Crippen LogP contribution in [0.4, 0.5) is 5.69 Å². The number of ether oxygens (including phenoxy) is 3. The molecule has 3 rings (SSSR count). The van der Waals surface area contributed by atoms with Gasteiger partial charge in [0.15, 0.2) is 15.8 Å². The molecule has 0 saturated carbocycles. The maximum atomic E-state index is 13.0. The normalized spacial score (nSPS) is 15.2. The minimum Gasteiger partial charge on any atom is -0.494 e. The molecule has 2 aromatic carbocycles. The molecule has 0 unspecified atom stereocenters. The monoisotopic (exact) mass is 541 g/mol. The molecule has 2 aromatic rings. The number of rotatable bonds is 7. The van der Waals surface area contributed by atoms with E-state index in [-0.39, 0.29) is 5.91 Å². The molecule has 0 aliphatic carbocycles. The molecule has 1 heterocycles. The van der Waals surface area contributed by atoms with Gasteiger partial charge in [0.2, 0.25) is 0 Å². The summed E-state index contributed by atoms with van der Waals surface area (Å²) in [4.78, 5) is 15.1. The number of anilines is 1. The Balaban J connectivity index is 1.89. The summed E-state index contributed by atoms with van der Waals surface area (Å²) < 4.78 is 18.0. The third kappa shape index (κ3) is 4.87. The summed E-state index contributed by atoms with van der Waals surface area (Å²) >= 11 is 8.94. The maximum absolute atomic E-state index is 13.0. The van der Waals surface area contributed by atoms with Crippen LogP contribution in [0.15, 0.2) is 41.3 Å². The number of thioether (sulfide) groups is 1. The minimum atomic E-state index is -0.146. The van der Waals surface area contributed by atoms with Crippen molar-refractivity contribution in [1.29, 1.82) is 0 Å². The molecular formula is C21H20INO4S2. The van der Waals surface area contributed by atoms with Crippen molar-refractivity contribution in [3.05, 3.63) is 50.4 Å². The molecular weight excluding hydrogens is 521 g/mol. The predicted octanol–water partition coefficient (Wildman–Crippen LogP) is 5.50. The van der Waals surface area contributed by atoms with Gasteiger partial charge in [0.1, 0.15) is 5.75 Å². The lowest BCUT2D eigenvalue weighted by Gasteiger charge is -2.15. The maximum Gasteiger partial charge on any atom is 0.270 e. The quantitative estimate of drug-likeness (QED) is 0.262. The highest BCUT2D eigenvalue weighted by Crippen LogP contribution is 2.39. The van der Waals surface area contributed by atoms with Crippen LogP contribution in [0.25, 0.3) is 6.08 Å². The van der Waals surface area contributed by atoms with Crippen molar-refractivity contribution in [2.75, 3.05) is 25.2 Å². The number of hydrogen-bond donors (Lipinski definition) is 0. The first-order chi connectivity index (χ1) is 14.0. The third-order valence-corrected chi connectivity index (χ3v) is 6.14. The summed E-state index contributed by atoms with van der Waals surface area (Å²) in [5.41, 5.74) is 1.57. The average Bonchev–Trinajstić information content (AvgIpc) is 2.98. The fraction of sp³-hybridized carbons (Fsp3) is 0.238. The largest absolute Gasteiger partial charge is 0.494 e. The molecule has 5 nitrogen and oxygen atoms in total. The van der Waals surface area contributed by atoms with Gasteiger partial charge in [-0.3, -0.25) is 9.69 Å². The van der Waals surface area contributed by atoms with E-state index in [1.54, 1.807) is 12.0 Å². The molecule has 1 saturated heterocycles. The first-order valence-corrected chi connectivity index (χ1v) is 11.3. The molecule has 1 aliphatic rings. The summed E-state index contributed by atoms with van der Waals surface area (Å²) in [6.07, 6.45) is 1.83. The molecule has 1 fully saturated rings. The van der Waals surface area contributed by atoms with Gasteiger partial charge in [0, 0.05) is 0 Å². The third-order valence-electron chi connectivity index (χ3n) is 4.04. The van der Waals surface area contributed by atoms with Crippen LogP contribution in [0.3, 0.4) is 0 Å². The topological polar surface area (TPSA) is 48.0 Å².